The average molecular weight is 530 g/mol. The van der Waals surface area contributed by atoms with Crippen molar-refractivity contribution in [1.29, 1.82) is 0 Å². The van der Waals surface area contributed by atoms with Crippen molar-refractivity contribution in [2.75, 3.05) is 40.8 Å². The molecular formula is C22H32FIN4O2. The highest BCUT2D eigenvalue weighted by Gasteiger charge is 2.07. The van der Waals surface area contributed by atoms with Gasteiger partial charge in [-0.15, -0.1) is 24.0 Å². The molecular weight excluding hydrogens is 498 g/mol. The largest absolute Gasteiger partial charge is 0.492 e. The summed E-state index contributed by atoms with van der Waals surface area (Å²) in [5.41, 5.74) is 1.10. The first-order chi connectivity index (χ1) is 14.0. The van der Waals surface area contributed by atoms with Gasteiger partial charge in [0.15, 0.2) is 5.96 Å². The molecule has 0 saturated carbocycles. The minimum Gasteiger partial charge on any atom is -0.492 e. The SMILES string of the molecule is CN=C(NCc1cccc(OCCN(C)C)c1)NCC(C)Oc1cccc(F)c1.I. The van der Waals surface area contributed by atoms with Crippen molar-refractivity contribution in [2.24, 2.45) is 4.99 Å². The number of benzene rings is 2. The minimum absolute atomic E-state index is 0. The Morgan fingerprint density at radius 2 is 1.83 bits per heavy atom. The van der Waals surface area contributed by atoms with Gasteiger partial charge in [0.2, 0.25) is 0 Å². The quantitative estimate of drug-likeness (QED) is 0.280. The number of hydrogen-bond acceptors (Lipinski definition) is 4. The molecule has 6 nitrogen and oxygen atoms in total. The molecule has 0 amide bonds. The van der Waals surface area contributed by atoms with Crippen LogP contribution in [0.15, 0.2) is 53.5 Å². The number of nitrogens with one attached hydrogen (secondary N) is 2. The first-order valence-corrected chi connectivity index (χ1v) is 9.69. The molecule has 1 unspecified atom stereocenters. The van der Waals surface area contributed by atoms with E-state index in [9.17, 15) is 4.39 Å². The lowest BCUT2D eigenvalue weighted by Crippen LogP contribution is -2.41. The highest BCUT2D eigenvalue weighted by molar-refractivity contribution is 14.0. The Kier molecular flexibility index (Phi) is 12.1. The zero-order valence-corrected chi connectivity index (χ0v) is 20.4. The van der Waals surface area contributed by atoms with Crippen LogP contribution < -0.4 is 20.1 Å². The second-order valence-corrected chi connectivity index (χ2v) is 6.99. The van der Waals surface area contributed by atoms with Gasteiger partial charge >= 0.3 is 0 Å². The van der Waals surface area contributed by atoms with Crippen LogP contribution in [0, 0.1) is 5.82 Å². The predicted octanol–water partition coefficient (Wildman–Crippen LogP) is 3.52. The zero-order chi connectivity index (χ0) is 21.1. The number of nitrogens with zero attached hydrogens (tertiary/aromatic N) is 2. The molecule has 0 aliphatic carbocycles. The summed E-state index contributed by atoms with van der Waals surface area (Å²) in [6.45, 7) is 4.58. The van der Waals surface area contributed by atoms with E-state index in [1.54, 1.807) is 19.2 Å². The molecule has 2 aromatic rings. The molecule has 0 radical (unpaired) electrons. The first-order valence-electron chi connectivity index (χ1n) is 9.69. The topological polar surface area (TPSA) is 58.1 Å². The van der Waals surface area contributed by atoms with E-state index in [4.69, 9.17) is 9.47 Å². The summed E-state index contributed by atoms with van der Waals surface area (Å²) < 4.78 is 24.7. The van der Waals surface area contributed by atoms with E-state index in [2.05, 4.69) is 20.5 Å². The molecule has 30 heavy (non-hydrogen) atoms. The van der Waals surface area contributed by atoms with Crippen LogP contribution in [-0.4, -0.2) is 57.8 Å². The van der Waals surface area contributed by atoms with Gasteiger partial charge in [-0.3, -0.25) is 4.99 Å². The Labute approximate surface area is 195 Å². The molecule has 2 rings (SSSR count). The third-order valence-corrected chi connectivity index (χ3v) is 4.08. The van der Waals surface area contributed by atoms with Gasteiger partial charge in [-0.25, -0.2) is 4.39 Å². The Bertz CT molecular complexity index is 789. The molecule has 2 N–H and O–H groups in total. The van der Waals surface area contributed by atoms with E-state index in [-0.39, 0.29) is 35.9 Å². The number of halogens is 2. The third-order valence-electron chi connectivity index (χ3n) is 4.08. The number of rotatable bonds is 10. The van der Waals surface area contributed by atoms with Gasteiger partial charge < -0.3 is 25.0 Å². The van der Waals surface area contributed by atoms with Gasteiger partial charge in [0.1, 0.15) is 30.0 Å². The maximum atomic E-state index is 13.2. The van der Waals surface area contributed by atoms with E-state index in [0.717, 1.165) is 17.9 Å². The summed E-state index contributed by atoms with van der Waals surface area (Å²) in [6, 6.07) is 14.1. The summed E-state index contributed by atoms with van der Waals surface area (Å²) in [6.07, 6.45) is -0.149. The molecule has 0 fully saturated rings. The number of guanidine groups is 1. The van der Waals surface area contributed by atoms with Gasteiger partial charge in [-0.1, -0.05) is 18.2 Å². The number of aliphatic imine (C=N–C) groups is 1. The highest BCUT2D eigenvalue weighted by atomic mass is 127. The average Bonchev–Trinajstić information content (AvgIpc) is 2.68. The molecule has 0 aliphatic heterocycles. The second-order valence-electron chi connectivity index (χ2n) is 6.99. The van der Waals surface area contributed by atoms with Crippen LogP contribution in [-0.2, 0) is 6.54 Å². The first kappa shape index (κ1) is 26.0. The van der Waals surface area contributed by atoms with Crippen LogP contribution in [0.2, 0.25) is 0 Å². The van der Waals surface area contributed by atoms with Crippen molar-refractivity contribution in [1.82, 2.24) is 15.5 Å². The maximum absolute atomic E-state index is 13.2. The van der Waals surface area contributed by atoms with E-state index in [1.165, 1.54) is 12.1 Å². The summed E-state index contributed by atoms with van der Waals surface area (Å²) in [5.74, 6) is 1.71. The van der Waals surface area contributed by atoms with E-state index >= 15 is 0 Å². The molecule has 2 aromatic carbocycles. The number of hydrogen-bond donors (Lipinski definition) is 2. The fourth-order valence-electron chi connectivity index (χ4n) is 2.55. The number of ether oxygens (including phenoxy) is 2. The summed E-state index contributed by atoms with van der Waals surface area (Å²) in [5, 5.41) is 6.49. The Balaban J connectivity index is 0.00000450. The monoisotopic (exact) mass is 530 g/mol. The van der Waals surface area contributed by atoms with Crippen LogP contribution >= 0.6 is 24.0 Å². The summed E-state index contributed by atoms with van der Waals surface area (Å²) >= 11 is 0. The fraction of sp³-hybridized carbons (Fsp3) is 0.409. The molecule has 1 atom stereocenters. The van der Waals surface area contributed by atoms with E-state index in [0.29, 0.717) is 31.4 Å². The molecule has 0 heterocycles. The van der Waals surface area contributed by atoms with Crippen molar-refractivity contribution in [3.05, 3.63) is 59.9 Å². The lowest BCUT2D eigenvalue weighted by Gasteiger charge is -2.18. The molecule has 0 aromatic heterocycles. The molecule has 0 saturated heterocycles. The molecule has 166 valence electrons. The van der Waals surface area contributed by atoms with Gasteiger partial charge in [0.25, 0.3) is 0 Å². The predicted molar refractivity (Wildman–Crippen MR) is 131 cm³/mol. The van der Waals surface area contributed by atoms with Crippen LogP contribution in [0.4, 0.5) is 4.39 Å². The maximum Gasteiger partial charge on any atom is 0.191 e. The second kappa shape index (κ2) is 14.0. The smallest absolute Gasteiger partial charge is 0.191 e. The molecule has 8 heteroatoms. The van der Waals surface area contributed by atoms with Crippen LogP contribution in [0.25, 0.3) is 0 Å². The van der Waals surface area contributed by atoms with Crippen molar-refractivity contribution < 1.29 is 13.9 Å². The zero-order valence-electron chi connectivity index (χ0n) is 18.0. The highest BCUT2D eigenvalue weighted by Crippen LogP contribution is 2.14. The fourth-order valence-corrected chi connectivity index (χ4v) is 2.55. The number of likely N-dealkylation sites (N-methyl/N-ethyl adjacent to an activating group) is 1. The van der Waals surface area contributed by atoms with Crippen LogP contribution in [0.5, 0.6) is 11.5 Å². The van der Waals surface area contributed by atoms with Gasteiger partial charge in [0.05, 0.1) is 6.54 Å². The Morgan fingerprint density at radius 3 is 2.53 bits per heavy atom. The lowest BCUT2D eigenvalue weighted by molar-refractivity contribution is 0.223. The van der Waals surface area contributed by atoms with Crippen LogP contribution in [0.3, 0.4) is 0 Å². The van der Waals surface area contributed by atoms with E-state index in [1.807, 2.05) is 45.3 Å². The van der Waals surface area contributed by atoms with Crippen molar-refractivity contribution in [2.45, 2.75) is 19.6 Å². The van der Waals surface area contributed by atoms with Crippen LogP contribution in [0.1, 0.15) is 12.5 Å². The minimum atomic E-state index is -0.312. The van der Waals surface area contributed by atoms with Gasteiger partial charge in [0, 0.05) is 26.2 Å². The molecule has 0 aliphatic rings. The van der Waals surface area contributed by atoms with Gasteiger partial charge in [-0.2, -0.15) is 0 Å². The van der Waals surface area contributed by atoms with Crippen molar-refractivity contribution in [3.63, 3.8) is 0 Å². The Morgan fingerprint density at radius 1 is 1.10 bits per heavy atom. The molecule has 0 spiro atoms. The summed E-state index contributed by atoms with van der Waals surface area (Å²) in [4.78, 5) is 6.31. The molecule has 0 bridgehead atoms. The van der Waals surface area contributed by atoms with E-state index < -0.39 is 0 Å². The third kappa shape index (κ3) is 10.1. The normalized spacial score (nSPS) is 12.1. The van der Waals surface area contributed by atoms with Gasteiger partial charge in [-0.05, 0) is 50.8 Å². The van der Waals surface area contributed by atoms with Crippen molar-refractivity contribution >= 4 is 29.9 Å². The lowest BCUT2D eigenvalue weighted by atomic mass is 10.2. The van der Waals surface area contributed by atoms with Crippen molar-refractivity contribution in [3.8, 4) is 11.5 Å². The summed E-state index contributed by atoms with van der Waals surface area (Å²) in [7, 11) is 5.76. The Hall–Kier alpha value is -2.07. The standard InChI is InChI=1S/C22H31FN4O2.HI/c1-17(29-21-10-6-8-19(23)14-21)15-25-22(24-2)26-16-18-7-5-9-20(13-18)28-12-11-27(3)4;/h5-10,13-14,17H,11-12,15-16H2,1-4H3,(H2,24,25,26);1H.